The van der Waals surface area contributed by atoms with Crippen LogP contribution in [-0.4, -0.2) is 41.5 Å². The van der Waals surface area contributed by atoms with E-state index in [0.29, 0.717) is 36.7 Å². The highest BCUT2D eigenvalue weighted by atomic mass is 16.5. The normalized spacial score (nSPS) is 23.0. The van der Waals surface area contributed by atoms with Gasteiger partial charge in [0.15, 0.2) is 0 Å². The third kappa shape index (κ3) is 2.21. The number of fused-ring (bicyclic) bond motifs is 1. The van der Waals surface area contributed by atoms with Crippen LogP contribution in [0.4, 0.5) is 0 Å². The maximum Gasteiger partial charge on any atom is 0.259 e. The molecule has 2 saturated heterocycles. The van der Waals surface area contributed by atoms with Crippen LogP contribution >= 0.6 is 0 Å². The van der Waals surface area contributed by atoms with Gasteiger partial charge >= 0.3 is 0 Å². The molecule has 118 valence electrons. The lowest BCUT2D eigenvalue weighted by molar-refractivity contribution is -0.122. The van der Waals surface area contributed by atoms with E-state index in [1.54, 1.807) is 11.8 Å². The van der Waals surface area contributed by atoms with E-state index in [9.17, 15) is 9.59 Å². The number of likely N-dealkylation sites (tertiary alicyclic amines) is 1. The van der Waals surface area contributed by atoms with E-state index in [2.05, 4.69) is 10.5 Å². The first-order valence-electron chi connectivity index (χ1n) is 7.74. The number of nitrogens with one attached hydrogen (secondary N) is 1. The number of hydrogen-bond donors (Lipinski definition) is 1. The number of carbonyl (C=O) groups excluding carboxylic acids is 2. The molecule has 0 spiro atoms. The zero-order chi connectivity index (χ0) is 16.0. The molecule has 0 unspecified atom stereocenters. The Morgan fingerprint density at radius 1 is 1.30 bits per heavy atom. The summed E-state index contributed by atoms with van der Waals surface area (Å²) in [6, 6.07) is 9.52. The van der Waals surface area contributed by atoms with E-state index in [-0.39, 0.29) is 23.7 Å². The van der Waals surface area contributed by atoms with Crippen LogP contribution in [0, 0.1) is 18.8 Å². The van der Waals surface area contributed by atoms with Crippen molar-refractivity contribution >= 4 is 11.8 Å². The van der Waals surface area contributed by atoms with Crippen LogP contribution in [-0.2, 0) is 4.79 Å². The van der Waals surface area contributed by atoms with E-state index in [0.717, 1.165) is 5.56 Å². The third-order valence-electron chi connectivity index (χ3n) is 4.73. The minimum absolute atomic E-state index is 0.0515. The Hall–Kier alpha value is -2.63. The zero-order valence-electron chi connectivity index (χ0n) is 12.8. The van der Waals surface area contributed by atoms with Gasteiger partial charge < -0.3 is 14.7 Å². The van der Waals surface area contributed by atoms with Gasteiger partial charge in [-0.05, 0) is 6.92 Å². The molecular weight excluding hydrogens is 294 g/mol. The van der Waals surface area contributed by atoms with Gasteiger partial charge in [-0.1, -0.05) is 35.5 Å². The Morgan fingerprint density at radius 3 is 2.83 bits per heavy atom. The van der Waals surface area contributed by atoms with Crippen LogP contribution in [0.2, 0.25) is 0 Å². The number of aromatic nitrogens is 1. The van der Waals surface area contributed by atoms with E-state index in [4.69, 9.17) is 4.52 Å². The first-order valence-corrected chi connectivity index (χ1v) is 7.74. The van der Waals surface area contributed by atoms with Gasteiger partial charge in [0.05, 0.1) is 5.92 Å². The number of benzene rings is 1. The maximum absolute atomic E-state index is 13.0. The highest BCUT2D eigenvalue weighted by Crippen LogP contribution is 2.31. The SMILES string of the molecule is Cc1onc(-c2ccccc2)c1C(=O)N1C[C@@H]2CNC(=O)[C@@H]2C1. The van der Waals surface area contributed by atoms with Crippen molar-refractivity contribution < 1.29 is 14.1 Å². The Labute approximate surface area is 133 Å². The van der Waals surface area contributed by atoms with E-state index in [1.807, 2.05) is 30.3 Å². The molecule has 0 bridgehead atoms. The molecule has 23 heavy (non-hydrogen) atoms. The van der Waals surface area contributed by atoms with Gasteiger partial charge in [-0.15, -0.1) is 0 Å². The number of aryl methyl sites for hydroxylation is 1. The largest absolute Gasteiger partial charge is 0.360 e. The molecule has 1 aromatic carbocycles. The Balaban J connectivity index is 1.65. The van der Waals surface area contributed by atoms with Crippen molar-refractivity contribution in [2.75, 3.05) is 19.6 Å². The fourth-order valence-electron chi connectivity index (χ4n) is 3.48. The van der Waals surface area contributed by atoms with Gasteiger partial charge in [-0.25, -0.2) is 0 Å². The second kappa shape index (κ2) is 5.22. The predicted octanol–water partition coefficient (Wildman–Crippen LogP) is 1.47. The average molecular weight is 311 g/mol. The van der Waals surface area contributed by atoms with Crippen LogP contribution in [0.3, 0.4) is 0 Å². The number of nitrogens with zero attached hydrogens (tertiary/aromatic N) is 2. The Kier molecular flexibility index (Phi) is 3.18. The molecule has 2 aliphatic heterocycles. The molecule has 2 fully saturated rings. The van der Waals surface area contributed by atoms with Gasteiger partial charge in [0.2, 0.25) is 5.91 Å². The van der Waals surface area contributed by atoms with Gasteiger partial charge in [-0.2, -0.15) is 0 Å². The molecule has 2 aromatic rings. The first-order chi connectivity index (χ1) is 11.1. The lowest BCUT2D eigenvalue weighted by atomic mass is 10.0. The minimum Gasteiger partial charge on any atom is -0.360 e. The summed E-state index contributed by atoms with van der Waals surface area (Å²) >= 11 is 0. The summed E-state index contributed by atoms with van der Waals surface area (Å²) in [7, 11) is 0. The molecule has 0 saturated carbocycles. The molecule has 6 nitrogen and oxygen atoms in total. The van der Waals surface area contributed by atoms with Crippen LogP contribution < -0.4 is 5.32 Å². The second-order valence-corrected chi connectivity index (χ2v) is 6.15. The lowest BCUT2D eigenvalue weighted by Gasteiger charge is -2.17. The Bertz CT molecular complexity index is 769. The number of carbonyl (C=O) groups is 2. The van der Waals surface area contributed by atoms with Crippen molar-refractivity contribution in [1.29, 1.82) is 0 Å². The topological polar surface area (TPSA) is 75.4 Å². The standard InChI is InChI=1S/C17H17N3O3/c1-10-14(15(19-23-10)11-5-3-2-4-6-11)17(22)20-8-12-7-18-16(21)13(12)9-20/h2-6,12-13H,7-9H2,1H3,(H,18,21)/t12-,13+/m0/s1. The quantitative estimate of drug-likeness (QED) is 0.911. The smallest absolute Gasteiger partial charge is 0.259 e. The molecule has 0 radical (unpaired) electrons. The van der Waals surface area contributed by atoms with Crippen molar-refractivity contribution in [1.82, 2.24) is 15.4 Å². The summed E-state index contributed by atoms with van der Waals surface area (Å²) in [5.41, 5.74) is 1.91. The lowest BCUT2D eigenvalue weighted by Crippen LogP contribution is -2.33. The molecule has 2 amide bonds. The highest BCUT2D eigenvalue weighted by molar-refractivity contribution is 6.01. The fourth-order valence-corrected chi connectivity index (χ4v) is 3.48. The molecule has 1 N–H and O–H groups in total. The van der Waals surface area contributed by atoms with Gasteiger partial charge in [0, 0.05) is 31.1 Å². The summed E-state index contributed by atoms with van der Waals surface area (Å²) < 4.78 is 5.27. The molecule has 2 aliphatic rings. The average Bonchev–Trinajstić information content (AvgIpc) is 3.24. The highest BCUT2D eigenvalue weighted by Gasteiger charge is 2.44. The van der Waals surface area contributed by atoms with Crippen LogP contribution in [0.15, 0.2) is 34.9 Å². The van der Waals surface area contributed by atoms with E-state index >= 15 is 0 Å². The van der Waals surface area contributed by atoms with Crippen molar-refractivity contribution in [3.8, 4) is 11.3 Å². The molecule has 1 aromatic heterocycles. The summed E-state index contributed by atoms with van der Waals surface area (Å²) in [5.74, 6) is 0.585. The van der Waals surface area contributed by atoms with Crippen molar-refractivity contribution in [2.24, 2.45) is 11.8 Å². The van der Waals surface area contributed by atoms with Gasteiger partial charge in [0.25, 0.3) is 5.91 Å². The van der Waals surface area contributed by atoms with Crippen molar-refractivity contribution in [3.05, 3.63) is 41.7 Å². The van der Waals surface area contributed by atoms with Crippen LogP contribution in [0.25, 0.3) is 11.3 Å². The van der Waals surface area contributed by atoms with Gasteiger partial charge in [0.1, 0.15) is 17.0 Å². The van der Waals surface area contributed by atoms with E-state index < -0.39 is 0 Å². The molecule has 0 aliphatic carbocycles. The maximum atomic E-state index is 13.0. The number of amides is 2. The number of rotatable bonds is 2. The van der Waals surface area contributed by atoms with Gasteiger partial charge in [-0.3, -0.25) is 9.59 Å². The first kappa shape index (κ1) is 14.0. The second-order valence-electron chi connectivity index (χ2n) is 6.15. The monoisotopic (exact) mass is 311 g/mol. The van der Waals surface area contributed by atoms with Crippen molar-refractivity contribution in [3.63, 3.8) is 0 Å². The third-order valence-corrected chi connectivity index (χ3v) is 4.73. The van der Waals surface area contributed by atoms with Crippen LogP contribution in [0.1, 0.15) is 16.1 Å². The molecule has 3 heterocycles. The Morgan fingerprint density at radius 2 is 2.09 bits per heavy atom. The molecular formula is C17H17N3O3. The summed E-state index contributed by atoms with van der Waals surface area (Å²) in [6.45, 7) is 3.47. The molecule has 6 heteroatoms. The predicted molar refractivity (Wildman–Crippen MR) is 82.6 cm³/mol. The summed E-state index contributed by atoms with van der Waals surface area (Å²) in [6.07, 6.45) is 0. The zero-order valence-corrected chi connectivity index (χ0v) is 12.8. The summed E-state index contributed by atoms with van der Waals surface area (Å²) in [5, 5.41) is 6.92. The number of hydrogen-bond acceptors (Lipinski definition) is 4. The molecule has 4 rings (SSSR count). The minimum atomic E-state index is -0.107. The summed E-state index contributed by atoms with van der Waals surface area (Å²) in [4.78, 5) is 26.5. The fraction of sp³-hybridized carbons (Fsp3) is 0.353. The van der Waals surface area contributed by atoms with Crippen LogP contribution in [0.5, 0.6) is 0 Å². The van der Waals surface area contributed by atoms with E-state index in [1.165, 1.54) is 0 Å². The molecule has 2 atom stereocenters. The van der Waals surface area contributed by atoms with Crippen molar-refractivity contribution in [2.45, 2.75) is 6.92 Å².